The summed E-state index contributed by atoms with van der Waals surface area (Å²) in [5, 5.41) is 7.42. The van der Waals surface area contributed by atoms with Crippen molar-refractivity contribution in [1.29, 1.82) is 0 Å². The summed E-state index contributed by atoms with van der Waals surface area (Å²) in [4.78, 5) is 36.9. The van der Waals surface area contributed by atoms with Crippen LogP contribution in [-0.4, -0.2) is 64.7 Å². The van der Waals surface area contributed by atoms with E-state index in [0.29, 0.717) is 19.5 Å². The van der Waals surface area contributed by atoms with Crippen molar-refractivity contribution in [2.45, 2.75) is 45.8 Å². The van der Waals surface area contributed by atoms with Crippen molar-refractivity contribution >= 4 is 18.0 Å². The van der Waals surface area contributed by atoms with Gasteiger partial charge in [-0.3, -0.25) is 14.5 Å². The summed E-state index contributed by atoms with van der Waals surface area (Å²) < 4.78 is 18.4. The fourth-order valence-electron chi connectivity index (χ4n) is 2.49. The van der Waals surface area contributed by atoms with Gasteiger partial charge < -0.3 is 14.7 Å². The van der Waals surface area contributed by atoms with Crippen LogP contribution in [-0.2, 0) is 20.7 Å². The molecule has 0 spiro atoms. The first-order valence-electron chi connectivity index (χ1n) is 8.59. The molecule has 0 aliphatic carbocycles. The largest absolute Gasteiger partial charge is 0.481 e. The Hall–Kier alpha value is -2.64. The second-order valence-corrected chi connectivity index (χ2v) is 7.30. The van der Waals surface area contributed by atoms with Gasteiger partial charge >= 0.3 is 6.09 Å². The Bertz CT molecular complexity index is 666. The van der Waals surface area contributed by atoms with Crippen molar-refractivity contribution in [3.63, 3.8) is 0 Å². The van der Waals surface area contributed by atoms with Gasteiger partial charge in [0.1, 0.15) is 17.5 Å². The SMILES string of the molecule is CC(=O)O.CN1CCN(C(=O)OC(C)(C)C)C(Cc2ccc(F)cc2)C1=O. The quantitative estimate of drug-likeness (QED) is 0.849. The second kappa shape index (κ2) is 9.34. The first-order valence-corrected chi connectivity index (χ1v) is 8.59. The van der Waals surface area contributed by atoms with Crippen LogP contribution in [0.2, 0.25) is 0 Å². The average molecular weight is 382 g/mol. The van der Waals surface area contributed by atoms with Crippen LogP contribution in [0.1, 0.15) is 33.3 Å². The summed E-state index contributed by atoms with van der Waals surface area (Å²) in [6, 6.07) is 5.33. The molecule has 27 heavy (non-hydrogen) atoms. The smallest absolute Gasteiger partial charge is 0.411 e. The molecule has 0 bridgehead atoms. The molecule has 0 aromatic heterocycles. The van der Waals surface area contributed by atoms with Gasteiger partial charge in [-0.15, -0.1) is 0 Å². The van der Waals surface area contributed by atoms with Crippen molar-refractivity contribution in [2.24, 2.45) is 0 Å². The average Bonchev–Trinajstić information content (AvgIpc) is 2.51. The van der Waals surface area contributed by atoms with E-state index in [4.69, 9.17) is 14.6 Å². The van der Waals surface area contributed by atoms with Gasteiger partial charge in [-0.2, -0.15) is 0 Å². The van der Waals surface area contributed by atoms with E-state index in [1.807, 2.05) is 0 Å². The lowest BCUT2D eigenvalue weighted by molar-refractivity contribution is -0.139. The van der Waals surface area contributed by atoms with Gasteiger partial charge in [0.25, 0.3) is 5.97 Å². The number of likely N-dealkylation sites (N-methyl/N-ethyl adjacent to an activating group) is 1. The van der Waals surface area contributed by atoms with Crippen LogP contribution in [0.5, 0.6) is 0 Å². The minimum absolute atomic E-state index is 0.133. The zero-order valence-corrected chi connectivity index (χ0v) is 16.4. The summed E-state index contributed by atoms with van der Waals surface area (Å²) in [6.45, 7) is 7.34. The molecule has 1 atom stereocenters. The number of aliphatic carboxylic acids is 1. The van der Waals surface area contributed by atoms with Gasteiger partial charge in [0.15, 0.2) is 0 Å². The molecule has 0 radical (unpaired) electrons. The van der Waals surface area contributed by atoms with Crippen LogP contribution < -0.4 is 0 Å². The Morgan fingerprint density at radius 1 is 1.22 bits per heavy atom. The highest BCUT2D eigenvalue weighted by molar-refractivity contribution is 5.87. The second-order valence-electron chi connectivity index (χ2n) is 7.30. The summed E-state index contributed by atoms with van der Waals surface area (Å²) in [7, 11) is 1.71. The number of carboxylic acids is 1. The number of carbonyl (C=O) groups is 3. The molecular formula is C19H27FN2O5. The molecule has 2 rings (SSSR count). The molecule has 1 aromatic rings. The highest BCUT2D eigenvalue weighted by atomic mass is 19.1. The Labute approximate surface area is 158 Å². The molecule has 150 valence electrons. The van der Waals surface area contributed by atoms with Gasteiger partial charge in [0.05, 0.1) is 0 Å². The Kier molecular flexibility index (Phi) is 7.75. The van der Waals surface area contributed by atoms with Gasteiger partial charge in [-0.1, -0.05) is 12.1 Å². The standard InChI is InChI=1S/C17H23FN2O3.C2H4O2/c1-17(2,3)23-16(22)20-10-9-19(4)15(21)14(20)11-12-5-7-13(18)8-6-12;1-2(3)4/h5-8,14H,9-11H2,1-4H3;1H3,(H,3,4). The maximum atomic E-state index is 13.0. The summed E-state index contributed by atoms with van der Waals surface area (Å²) in [6.07, 6.45) is -0.158. The van der Waals surface area contributed by atoms with E-state index in [1.165, 1.54) is 17.0 Å². The lowest BCUT2D eigenvalue weighted by atomic mass is 10.0. The molecule has 1 fully saturated rings. The number of ether oxygens (including phenoxy) is 1. The molecule has 0 saturated carbocycles. The fraction of sp³-hybridized carbons (Fsp3) is 0.526. The van der Waals surface area contributed by atoms with Crippen molar-refractivity contribution in [1.82, 2.24) is 9.80 Å². The Morgan fingerprint density at radius 2 is 1.74 bits per heavy atom. The van der Waals surface area contributed by atoms with Crippen molar-refractivity contribution in [2.75, 3.05) is 20.1 Å². The number of halogens is 1. The van der Waals surface area contributed by atoms with E-state index in [0.717, 1.165) is 12.5 Å². The van der Waals surface area contributed by atoms with Crippen molar-refractivity contribution in [3.05, 3.63) is 35.6 Å². The van der Waals surface area contributed by atoms with E-state index >= 15 is 0 Å². The van der Waals surface area contributed by atoms with E-state index < -0.39 is 23.7 Å². The summed E-state index contributed by atoms with van der Waals surface area (Å²) >= 11 is 0. The Balaban J connectivity index is 0.000000828. The first kappa shape index (κ1) is 22.4. The predicted molar refractivity (Wildman–Crippen MR) is 97.8 cm³/mol. The predicted octanol–water partition coefficient (Wildman–Crippen LogP) is 2.54. The molecule has 1 unspecified atom stereocenters. The fourth-order valence-corrected chi connectivity index (χ4v) is 2.49. The topological polar surface area (TPSA) is 87.2 Å². The number of nitrogens with zero attached hydrogens (tertiary/aromatic N) is 2. The molecule has 1 heterocycles. The zero-order valence-electron chi connectivity index (χ0n) is 16.4. The number of rotatable bonds is 2. The molecular weight excluding hydrogens is 355 g/mol. The van der Waals surface area contributed by atoms with Crippen LogP contribution >= 0.6 is 0 Å². The molecule has 1 aliphatic rings. The number of carboxylic acid groups (broad SMARTS) is 1. The van der Waals surface area contributed by atoms with E-state index in [9.17, 15) is 14.0 Å². The zero-order chi connectivity index (χ0) is 20.8. The number of hydrogen-bond donors (Lipinski definition) is 1. The lowest BCUT2D eigenvalue weighted by Crippen LogP contribution is -2.59. The molecule has 7 nitrogen and oxygen atoms in total. The molecule has 1 aliphatic heterocycles. The summed E-state index contributed by atoms with van der Waals surface area (Å²) in [5.41, 5.74) is 0.179. The van der Waals surface area contributed by atoms with Crippen molar-refractivity contribution in [3.8, 4) is 0 Å². The monoisotopic (exact) mass is 382 g/mol. The minimum atomic E-state index is -0.833. The highest BCUT2D eigenvalue weighted by Crippen LogP contribution is 2.19. The number of hydrogen-bond acceptors (Lipinski definition) is 4. The number of carbonyl (C=O) groups excluding carboxylic acids is 2. The van der Waals surface area contributed by atoms with Gasteiger partial charge in [0, 0.05) is 33.5 Å². The van der Waals surface area contributed by atoms with Crippen LogP contribution in [0.25, 0.3) is 0 Å². The molecule has 1 N–H and O–H groups in total. The van der Waals surface area contributed by atoms with Gasteiger partial charge in [0.2, 0.25) is 5.91 Å². The number of piperazine rings is 1. The first-order chi connectivity index (χ1) is 12.4. The van der Waals surface area contributed by atoms with Crippen molar-refractivity contribution < 1.29 is 28.6 Å². The maximum Gasteiger partial charge on any atom is 0.411 e. The number of amides is 2. The summed E-state index contributed by atoms with van der Waals surface area (Å²) in [5.74, 6) is -1.30. The number of benzene rings is 1. The van der Waals surface area contributed by atoms with Crippen LogP contribution in [0.4, 0.5) is 9.18 Å². The Morgan fingerprint density at radius 3 is 2.22 bits per heavy atom. The third kappa shape index (κ3) is 7.64. The van der Waals surface area contributed by atoms with Crippen LogP contribution in [0.3, 0.4) is 0 Å². The minimum Gasteiger partial charge on any atom is -0.481 e. The lowest BCUT2D eigenvalue weighted by Gasteiger charge is -2.39. The third-order valence-corrected chi connectivity index (χ3v) is 3.68. The van der Waals surface area contributed by atoms with Crippen LogP contribution in [0.15, 0.2) is 24.3 Å². The molecule has 1 aromatic carbocycles. The van der Waals surface area contributed by atoms with Gasteiger partial charge in [-0.05, 0) is 38.5 Å². The molecule has 1 saturated heterocycles. The highest BCUT2D eigenvalue weighted by Gasteiger charge is 2.38. The maximum absolute atomic E-state index is 13.0. The van der Waals surface area contributed by atoms with E-state index in [2.05, 4.69) is 0 Å². The van der Waals surface area contributed by atoms with E-state index in [1.54, 1.807) is 44.9 Å². The van der Waals surface area contributed by atoms with Gasteiger partial charge in [-0.25, -0.2) is 9.18 Å². The molecule has 8 heteroatoms. The van der Waals surface area contributed by atoms with Crippen LogP contribution in [0, 0.1) is 5.82 Å². The normalized spacial score (nSPS) is 17.1. The molecule has 2 amide bonds. The van der Waals surface area contributed by atoms with E-state index in [-0.39, 0.29) is 11.7 Å². The third-order valence-electron chi connectivity index (χ3n) is 3.68.